The first kappa shape index (κ1) is 15.4. The van der Waals surface area contributed by atoms with Crippen molar-refractivity contribution in [3.05, 3.63) is 63.9 Å². The van der Waals surface area contributed by atoms with Gasteiger partial charge in [-0.05, 0) is 43.2 Å². The van der Waals surface area contributed by atoms with E-state index in [1.54, 1.807) is 4.68 Å². The number of hydrogen-bond donors (Lipinski definition) is 1. The van der Waals surface area contributed by atoms with E-state index in [1.165, 1.54) is 0 Å². The van der Waals surface area contributed by atoms with Gasteiger partial charge in [-0.3, -0.25) is 4.79 Å². The summed E-state index contributed by atoms with van der Waals surface area (Å²) in [5.41, 5.74) is 9.31. The number of carbonyl (C=O) groups is 1. The Balaban J connectivity index is 2.25. The number of aromatic nitrogens is 3. The van der Waals surface area contributed by atoms with Crippen molar-refractivity contribution >= 4 is 21.8 Å². The molecule has 1 heterocycles. The number of amides is 1. The summed E-state index contributed by atoms with van der Waals surface area (Å²) in [5.74, 6) is -0.0590. The summed E-state index contributed by atoms with van der Waals surface area (Å²) in [7, 11) is 0. The van der Waals surface area contributed by atoms with E-state index in [1.807, 2.05) is 56.3 Å². The number of nitrogens with two attached hydrogens (primary N) is 1. The summed E-state index contributed by atoms with van der Waals surface area (Å²) < 4.78 is 2.64. The fraction of sp³-hybridized carbons (Fsp3) is 0.118. The van der Waals surface area contributed by atoms with Gasteiger partial charge in [-0.25, -0.2) is 9.67 Å². The Morgan fingerprint density at radius 3 is 2.48 bits per heavy atom. The van der Waals surface area contributed by atoms with Crippen LogP contribution in [-0.2, 0) is 0 Å². The standard InChI is InChI=1S/C17H15BrN4O/c1-10-4-3-5-14(11(10)2)22-17(20-16(21-22)15(19)23)12-6-8-13(18)9-7-12/h3-9H,1-2H3,(H2,19,23). The lowest BCUT2D eigenvalue weighted by Gasteiger charge is -2.11. The fourth-order valence-corrected chi connectivity index (χ4v) is 2.60. The van der Waals surface area contributed by atoms with Crippen LogP contribution in [0.4, 0.5) is 0 Å². The van der Waals surface area contributed by atoms with E-state index >= 15 is 0 Å². The molecule has 3 aromatic rings. The van der Waals surface area contributed by atoms with Crippen LogP contribution in [0.25, 0.3) is 17.1 Å². The second-order valence-corrected chi connectivity index (χ2v) is 6.18. The van der Waals surface area contributed by atoms with E-state index in [0.29, 0.717) is 5.82 Å². The molecule has 0 atom stereocenters. The molecular weight excluding hydrogens is 356 g/mol. The van der Waals surface area contributed by atoms with Crippen LogP contribution in [0.5, 0.6) is 0 Å². The maximum absolute atomic E-state index is 11.5. The first-order valence-electron chi connectivity index (χ1n) is 7.07. The number of hydrogen-bond acceptors (Lipinski definition) is 3. The summed E-state index contributed by atoms with van der Waals surface area (Å²) >= 11 is 3.41. The third-order valence-corrected chi connectivity index (χ3v) is 4.26. The number of nitrogens with zero attached hydrogens (tertiary/aromatic N) is 3. The van der Waals surface area contributed by atoms with Crippen LogP contribution in [0.3, 0.4) is 0 Å². The van der Waals surface area contributed by atoms with Crippen LogP contribution in [0.2, 0.25) is 0 Å². The predicted molar refractivity (Wildman–Crippen MR) is 92.5 cm³/mol. The van der Waals surface area contributed by atoms with Crippen LogP contribution in [-0.4, -0.2) is 20.7 Å². The van der Waals surface area contributed by atoms with Crippen LogP contribution in [0.1, 0.15) is 21.7 Å². The van der Waals surface area contributed by atoms with E-state index in [0.717, 1.165) is 26.9 Å². The number of aryl methyl sites for hydroxylation is 1. The van der Waals surface area contributed by atoms with Gasteiger partial charge >= 0.3 is 0 Å². The average molecular weight is 371 g/mol. The first-order chi connectivity index (χ1) is 11.0. The highest BCUT2D eigenvalue weighted by Gasteiger charge is 2.18. The molecule has 0 radical (unpaired) electrons. The lowest BCUT2D eigenvalue weighted by molar-refractivity contribution is 0.0990. The molecule has 0 saturated heterocycles. The molecule has 6 heteroatoms. The topological polar surface area (TPSA) is 73.8 Å². The van der Waals surface area contributed by atoms with Crippen molar-refractivity contribution in [1.29, 1.82) is 0 Å². The van der Waals surface area contributed by atoms with Crippen molar-refractivity contribution in [2.45, 2.75) is 13.8 Å². The van der Waals surface area contributed by atoms with Crippen molar-refractivity contribution in [1.82, 2.24) is 14.8 Å². The maximum Gasteiger partial charge on any atom is 0.288 e. The molecule has 0 aliphatic carbocycles. The fourth-order valence-electron chi connectivity index (χ4n) is 2.34. The van der Waals surface area contributed by atoms with Gasteiger partial charge in [0.05, 0.1) is 5.69 Å². The molecule has 23 heavy (non-hydrogen) atoms. The van der Waals surface area contributed by atoms with Crippen LogP contribution < -0.4 is 5.73 Å². The van der Waals surface area contributed by atoms with Gasteiger partial charge in [0, 0.05) is 10.0 Å². The monoisotopic (exact) mass is 370 g/mol. The van der Waals surface area contributed by atoms with Gasteiger partial charge in [0.15, 0.2) is 5.82 Å². The minimum absolute atomic E-state index is 0.00354. The van der Waals surface area contributed by atoms with Gasteiger partial charge < -0.3 is 5.73 Å². The number of primary amides is 1. The van der Waals surface area contributed by atoms with E-state index in [4.69, 9.17) is 5.73 Å². The number of carbonyl (C=O) groups excluding carboxylic acids is 1. The molecule has 0 bridgehead atoms. The highest BCUT2D eigenvalue weighted by molar-refractivity contribution is 9.10. The Bertz CT molecular complexity index is 884. The Hall–Kier alpha value is -2.47. The minimum Gasteiger partial charge on any atom is -0.363 e. The summed E-state index contributed by atoms with van der Waals surface area (Å²) in [6, 6.07) is 13.6. The van der Waals surface area contributed by atoms with Crippen molar-refractivity contribution in [2.75, 3.05) is 0 Å². The molecule has 2 aromatic carbocycles. The lowest BCUT2D eigenvalue weighted by atomic mass is 10.1. The zero-order valence-corrected chi connectivity index (χ0v) is 14.3. The van der Waals surface area contributed by atoms with Gasteiger partial charge in [0.25, 0.3) is 5.91 Å². The molecule has 0 fully saturated rings. The van der Waals surface area contributed by atoms with E-state index in [2.05, 4.69) is 26.0 Å². The zero-order valence-electron chi connectivity index (χ0n) is 12.7. The quantitative estimate of drug-likeness (QED) is 0.767. The normalized spacial score (nSPS) is 10.7. The Morgan fingerprint density at radius 2 is 1.83 bits per heavy atom. The molecule has 2 N–H and O–H groups in total. The Morgan fingerprint density at radius 1 is 1.13 bits per heavy atom. The molecule has 116 valence electrons. The lowest BCUT2D eigenvalue weighted by Crippen LogP contribution is -2.13. The summed E-state index contributed by atoms with van der Waals surface area (Å²) in [5, 5.41) is 4.30. The van der Waals surface area contributed by atoms with Crippen molar-refractivity contribution in [2.24, 2.45) is 5.73 Å². The van der Waals surface area contributed by atoms with Gasteiger partial charge in [-0.1, -0.05) is 40.2 Å². The molecule has 1 amide bonds. The van der Waals surface area contributed by atoms with Crippen LogP contribution >= 0.6 is 15.9 Å². The number of rotatable bonds is 3. The highest BCUT2D eigenvalue weighted by Crippen LogP contribution is 2.25. The Kier molecular flexibility index (Phi) is 4.00. The second-order valence-electron chi connectivity index (χ2n) is 5.26. The molecule has 5 nitrogen and oxygen atoms in total. The van der Waals surface area contributed by atoms with Gasteiger partial charge in [0.1, 0.15) is 0 Å². The Labute approximate surface area is 142 Å². The highest BCUT2D eigenvalue weighted by atomic mass is 79.9. The van der Waals surface area contributed by atoms with Gasteiger partial charge in [-0.15, -0.1) is 5.10 Å². The van der Waals surface area contributed by atoms with E-state index < -0.39 is 5.91 Å². The maximum atomic E-state index is 11.5. The molecule has 0 spiro atoms. The van der Waals surface area contributed by atoms with Crippen LogP contribution in [0.15, 0.2) is 46.9 Å². The van der Waals surface area contributed by atoms with Gasteiger partial charge in [0.2, 0.25) is 5.82 Å². The average Bonchev–Trinajstić information content (AvgIpc) is 2.96. The van der Waals surface area contributed by atoms with Crippen molar-refractivity contribution in [3.8, 4) is 17.1 Å². The second kappa shape index (κ2) is 5.96. The third-order valence-electron chi connectivity index (χ3n) is 3.73. The summed E-state index contributed by atoms with van der Waals surface area (Å²) in [6.45, 7) is 4.05. The van der Waals surface area contributed by atoms with Gasteiger partial charge in [-0.2, -0.15) is 0 Å². The van der Waals surface area contributed by atoms with Crippen LogP contribution in [0, 0.1) is 13.8 Å². The molecular formula is C17H15BrN4O. The first-order valence-corrected chi connectivity index (χ1v) is 7.86. The summed E-state index contributed by atoms with van der Waals surface area (Å²) in [4.78, 5) is 15.8. The molecule has 3 rings (SSSR count). The smallest absolute Gasteiger partial charge is 0.288 e. The molecule has 0 unspecified atom stereocenters. The molecule has 1 aromatic heterocycles. The molecule has 0 aliphatic heterocycles. The minimum atomic E-state index is -0.646. The van der Waals surface area contributed by atoms with Crippen molar-refractivity contribution in [3.63, 3.8) is 0 Å². The third kappa shape index (κ3) is 2.90. The van der Waals surface area contributed by atoms with E-state index in [9.17, 15) is 4.79 Å². The largest absolute Gasteiger partial charge is 0.363 e. The number of benzene rings is 2. The van der Waals surface area contributed by atoms with Crippen molar-refractivity contribution < 1.29 is 4.79 Å². The SMILES string of the molecule is Cc1cccc(-n2nc(C(N)=O)nc2-c2ccc(Br)cc2)c1C. The van der Waals surface area contributed by atoms with E-state index in [-0.39, 0.29) is 5.82 Å². The number of halogens is 1. The predicted octanol–water partition coefficient (Wildman–Crippen LogP) is 3.41. The zero-order chi connectivity index (χ0) is 16.6. The summed E-state index contributed by atoms with van der Waals surface area (Å²) in [6.07, 6.45) is 0. The molecule has 0 saturated carbocycles. The molecule has 0 aliphatic rings.